The molecule has 5 nitrogen and oxygen atoms in total. The normalized spacial score (nSPS) is 12.6. The van der Waals surface area contributed by atoms with E-state index in [1.54, 1.807) is 34.9 Å². The summed E-state index contributed by atoms with van der Waals surface area (Å²) in [5, 5.41) is 0. The highest BCUT2D eigenvalue weighted by atomic mass is 19.4. The molecule has 0 spiro atoms. The van der Waals surface area contributed by atoms with Crippen LogP contribution in [0.1, 0.15) is 11.1 Å². The molecule has 0 aliphatic carbocycles. The van der Waals surface area contributed by atoms with Gasteiger partial charge in [-0.05, 0) is 54.4 Å². The van der Waals surface area contributed by atoms with Crippen LogP contribution in [0.4, 0.5) is 13.2 Å². The van der Waals surface area contributed by atoms with E-state index in [-0.39, 0.29) is 17.3 Å². The van der Waals surface area contributed by atoms with E-state index >= 15 is 0 Å². The Morgan fingerprint density at radius 1 is 0.818 bits per heavy atom. The monoisotopic (exact) mass is 450 g/mol. The second-order valence-corrected chi connectivity index (χ2v) is 7.52. The van der Waals surface area contributed by atoms with Gasteiger partial charge in [0.2, 0.25) is 5.88 Å². The largest absolute Gasteiger partial charge is 0.457 e. The van der Waals surface area contributed by atoms with Crippen LogP contribution in [-0.2, 0) is 19.1 Å². The average Bonchev–Trinajstić information content (AvgIpc) is 2.80. The second kappa shape index (κ2) is 8.12. The molecule has 0 bridgehead atoms. The Bertz CT molecular complexity index is 1380. The molecule has 3 aromatic carbocycles. The fourth-order valence-electron chi connectivity index (χ4n) is 3.77. The standard InChI is InChI=1S/C25H17F3N2O3/c26-25(27,28)17-5-3-6-20(14-17)32-18-8-10-19(11-9-18)33-23-15-22-21-7-2-1-4-16(21)12-13-30(22)24(31)29-23/h1-11,14-15H,12-13H2. The van der Waals surface area contributed by atoms with Crippen LogP contribution >= 0.6 is 0 Å². The molecule has 0 radical (unpaired) electrons. The summed E-state index contributed by atoms with van der Waals surface area (Å²) in [5.41, 5.74) is 1.70. The number of rotatable bonds is 4. The molecule has 0 unspecified atom stereocenters. The van der Waals surface area contributed by atoms with Crippen LogP contribution in [0, 0.1) is 0 Å². The molecule has 0 saturated carbocycles. The van der Waals surface area contributed by atoms with Crippen molar-refractivity contribution in [2.75, 3.05) is 0 Å². The Labute approximate surface area is 186 Å². The van der Waals surface area contributed by atoms with Crippen LogP contribution in [0.15, 0.2) is 83.7 Å². The second-order valence-electron chi connectivity index (χ2n) is 7.52. The number of nitrogens with zero attached hydrogens (tertiary/aromatic N) is 2. The molecule has 0 fully saturated rings. The van der Waals surface area contributed by atoms with Gasteiger partial charge >= 0.3 is 11.9 Å². The molecule has 8 heteroatoms. The van der Waals surface area contributed by atoms with E-state index in [0.717, 1.165) is 35.4 Å². The van der Waals surface area contributed by atoms with Gasteiger partial charge in [-0.25, -0.2) is 4.79 Å². The maximum absolute atomic E-state index is 12.9. The van der Waals surface area contributed by atoms with Gasteiger partial charge in [0.15, 0.2) is 0 Å². The molecular formula is C25H17F3N2O3. The van der Waals surface area contributed by atoms with Crippen LogP contribution in [-0.4, -0.2) is 9.55 Å². The third-order valence-electron chi connectivity index (χ3n) is 5.33. The van der Waals surface area contributed by atoms with Crippen molar-refractivity contribution in [3.05, 3.63) is 100 Å². The zero-order valence-electron chi connectivity index (χ0n) is 17.2. The predicted molar refractivity (Wildman–Crippen MR) is 116 cm³/mol. The van der Waals surface area contributed by atoms with Crippen molar-refractivity contribution in [1.29, 1.82) is 0 Å². The zero-order valence-corrected chi connectivity index (χ0v) is 17.2. The number of alkyl halides is 3. The van der Waals surface area contributed by atoms with Gasteiger partial charge in [0.05, 0.1) is 11.3 Å². The highest BCUT2D eigenvalue weighted by Crippen LogP contribution is 2.34. The summed E-state index contributed by atoms with van der Waals surface area (Å²) in [6.45, 7) is 0.556. The van der Waals surface area contributed by atoms with Gasteiger partial charge in [-0.2, -0.15) is 18.2 Å². The van der Waals surface area contributed by atoms with E-state index in [1.807, 2.05) is 24.3 Å². The third-order valence-corrected chi connectivity index (χ3v) is 5.33. The highest BCUT2D eigenvalue weighted by Gasteiger charge is 2.30. The van der Waals surface area contributed by atoms with Crippen LogP contribution in [0.2, 0.25) is 0 Å². The van der Waals surface area contributed by atoms with E-state index in [0.29, 0.717) is 18.0 Å². The minimum atomic E-state index is -4.45. The Balaban J connectivity index is 1.36. The number of hydrogen-bond donors (Lipinski definition) is 0. The molecule has 4 aromatic rings. The predicted octanol–water partition coefficient (Wildman–Crippen LogP) is 6.07. The van der Waals surface area contributed by atoms with Crippen LogP contribution in [0.3, 0.4) is 0 Å². The lowest BCUT2D eigenvalue weighted by Crippen LogP contribution is -2.28. The quantitative estimate of drug-likeness (QED) is 0.379. The minimum absolute atomic E-state index is 0.0709. The number of ether oxygens (including phenoxy) is 2. The van der Waals surface area contributed by atoms with Crippen molar-refractivity contribution in [3.63, 3.8) is 0 Å². The molecule has 0 saturated heterocycles. The van der Waals surface area contributed by atoms with Crippen molar-refractivity contribution < 1.29 is 22.6 Å². The summed E-state index contributed by atoms with van der Waals surface area (Å²) in [6, 6.07) is 20.6. The van der Waals surface area contributed by atoms with E-state index in [1.165, 1.54) is 12.1 Å². The van der Waals surface area contributed by atoms with E-state index in [9.17, 15) is 18.0 Å². The summed E-state index contributed by atoms with van der Waals surface area (Å²) in [4.78, 5) is 16.5. The van der Waals surface area contributed by atoms with Crippen molar-refractivity contribution in [1.82, 2.24) is 9.55 Å². The summed E-state index contributed by atoms with van der Waals surface area (Å²) in [6.07, 6.45) is -3.68. The van der Waals surface area contributed by atoms with Gasteiger partial charge in [0, 0.05) is 18.2 Å². The van der Waals surface area contributed by atoms with Crippen molar-refractivity contribution in [2.45, 2.75) is 19.1 Å². The number of benzene rings is 3. The Hall–Kier alpha value is -4.07. The Kier molecular flexibility index (Phi) is 5.12. The topological polar surface area (TPSA) is 53.4 Å². The fourth-order valence-corrected chi connectivity index (χ4v) is 3.77. The molecular weight excluding hydrogens is 433 g/mol. The first-order chi connectivity index (χ1) is 15.9. The molecule has 1 aliphatic rings. The molecule has 0 N–H and O–H groups in total. The first-order valence-electron chi connectivity index (χ1n) is 10.2. The first kappa shape index (κ1) is 20.8. The molecule has 166 valence electrons. The molecule has 0 atom stereocenters. The average molecular weight is 450 g/mol. The van der Waals surface area contributed by atoms with E-state index in [4.69, 9.17) is 9.47 Å². The van der Waals surface area contributed by atoms with E-state index < -0.39 is 11.7 Å². The summed E-state index contributed by atoms with van der Waals surface area (Å²) in [5.74, 6) is 0.984. The first-order valence-corrected chi connectivity index (χ1v) is 10.2. The lowest BCUT2D eigenvalue weighted by Gasteiger charge is -2.21. The molecule has 0 amide bonds. The number of fused-ring (bicyclic) bond motifs is 3. The summed E-state index contributed by atoms with van der Waals surface area (Å²) >= 11 is 0. The lowest BCUT2D eigenvalue weighted by atomic mass is 9.98. The van der Waals surface area contributed by atoms with Crippen LogP contribution < -0.4 is 15.2 Å². The number of halogens is 3. The van der Waals surface area contributed by atoms with Gasteiger partial charge in [0.1, 0.15) is 17.2 Å². The van der Waals surface area contributed by atoms with Crippen molar-refractivity contribution >= 4 is 0 Å². The summed E-state index contributed by atoms with van der Waals surface area (Å²) < 4.78 is 51.6. The maximum atomic E-state index is 12.9. The zero-order chi connectivity index (χ0) is 23.0. The third kappa shape index (κ3) is 4.32. The number of aryl methyl sites for hydroxylation is 1. The number of hydrogen-bond acceptors (Lipinski definition) is 4. The SMILES string of the molecule is O=c1nc(Oc2ccc(Oc3cccc(C(F)(F)F)c3)cc2)cc2n1CCc1ccccc1-2. The fraction of sp³-hybridized carbons (Fsp3) is 0.120. The molecule has 2 heterocycles. The molecule has 33 heavy (non-hydrogen) atoms. The lowest BCUT2D eigenvalue weighted by molar-refractivity contribution is -0.137. The van der Waals surface area contributed by atoms with Crippen molar-refractivity contribution in [2.24, 2.45) is 0 Å². The molecule has 5 rings (SSSR count). The van der Waals surface area contributed by atoms with Gasteiger partial charge in [0.25, 0.3) is 0 Å². The van der Waals surface area contributed by atoms with Crippen LogP contribution in [0.25, 0.3) is 11.3 Å². The number of aromatic nitrogens is 2. The smallest absolute Gasteiger partial charge is 0.416 e. The summed E-state index contributed by atoms with van der Waals surface area (Å²) in [7, 11) is 0. The Morgan fingerprint density at radius 2 is 1.55 bits per heavy atom. The Morgan fingerprint density at radius 3 is 2.30 bits per heavy atom. The van der Waals surface area contributed by atoms with Crippen molar-refractivity contribution in [3.8, 4) is 34.4 Å². The van der Waals surface area contributed by atoms with Gasteiger partial charge in [-0.1, -0.05) is 30.3 Å². The maximum Gasteiger partial charge on any atom is 0.416 e. The van der Waals surface area contributed by atoms with Gasteiger partial charge < -0.3 is 9.47 Å². The molecule has 1 aliphatic heterocycles. The van der Waals surface area contributed by atoms with Gasteiger partial charge in [-0.3, -0.25) is 4.57 Å². The van der Waals surface area contributed by atoms with E-state index in [2.05, 4.69) is 4.98 Å². The van der Waals surface area contributed by atoms with Crippen LogP contribution in [0.5, 0.6) is 23.1 Å². The van der Waals surface area contributed by atoms with Gasteiger partial charge in [-0.15, -0.1) is 0 Å². The minimum Gasteiger partial charge on any atom is -0.457 e. The highest BCUT2D eigenvalue weighted by molar-refractivity contribution is 5.66. The molecule has 1 aromatic heterocycles.